The molecule has 0 amide bonds. The van der Waals surface area contributed by atoms with Gasteiger partial charge in [-0.25, -0.2) is 0 Å². The summed E-state index contributed by atoms with van der Waals surface area (Å²) in [6, 6.07) is 7.80. The van der Waals surface area contributed by atoms with Crippen LogP contribution < -0.4 is 0 Å². The monoisotopic (exact) mass is 236 g/mol. The van der Waals surface area contributed by atoms with Crippen LogP contribution in [0.1, 0.15) is 11.1 Å². The molecule has 0 fully saturated rings. The van der Waals surface area contributed by atoms with E-state index in [0.717, 1.165) is 11.1 Å². The van der Waals surface area contributed by atoms with Crippen molar-refractivity contribution in [3.8, 4) is 0 Å². The Bertz CT molecular complexity index is 168. The fourth-order valence-corrected chi connectivity index (χ4v) is 0.630. The quantitative estimate of drug-likeness (QED) is 0.607. The fourth-order valence-electron chi connectivity index (χ4n) is 0.630. The van der Waals surface area contributed by atoms with Crippen LogP contribution in [0.3, 0.4) is 0 Å². The maximum absolute atomic E-state index is 3.74. The zero-order valence-electron chi connectivity index (χ0n) is 7.62. The molecule has 1 rings (SSSR count). The predicted octanol–water partition coefficient (Wildman–Crippen LogP) is 2.95. The standard InChI is InChI=1S/C8H8.2CH3.2V/c1-7-4-3-5-8(2)6-7;;;;/h3-6H,1-2H2;2*1H3;;/q-2;2*-1;2*+2. The van der Waals surface area contributed by atoms with Crippen LogP contribution in [-0.4, -0.2) is 0 Å². The third-order valence-corrected chi connectivity index (χ3v) is 0.991. The van der Waals surface area contributed by atoms with Gasteiger partial charge in [-0.3, -0.25) is 0 Å². The molecular formula is C10H14V2. The van der Waals surface area contributed by atoms with Crippen molar-refractivity contribution in [2.45, 2.75) is 0 Å². The largest absolute Gasteiger partial charge is 2.00 e. The van der Waals surface area contributed by atoms with Gasteiger partial charge in [-0.1, -0.05) is 0 Å². The van der Waals surface area contributed by atoms with E-state index in [-0.39, 0.29) is 52.0 Å². The van der Waals surface area contributed by atoms with Gasteiger partial charge in [0, 0.05) is 0 Å². The number of benzene rings is 1. The van der Waals surface area contributed by atoms with E-state index in [9.17, 15) is 0 Å². The Labute approximate surface area is 101 Å². The summed E-state index contributed by atoms with van der Waals surface area (Å²) >= 11 is 0. The van der Waals surface area contributed by atoms with Crippen LogP contribution in [0.5, 0.6) is 0 Å². The van der Waals surface area contributed by atoms with E-state index in [2.05, 4.69) is 13.8 Å². The van der Waals surface area contributed by atoms with Crippen molar-refractivity contribution in [1.82, 2.24) is 0 Å². The van der Waals surface area contributed by atoms with Crippen molar-refractivity contribution in [3.05, 3.63) is 64.1 Å². The van der Waals surface area contributed by atoms with Crippen molar-refractivity contribution >= 4 is 0 Å². The molecule has 0 aromatic heterocycles. The average molecular weight is 236 g/mol. The van der Waals surface area contributed by atoms with Gasteiger partial charge in [-0.15, -0.1) is 0 Å². The molecule has 0 atom stereocenters. The fraction of sp³-hybridized carbons (Fsp3) is 0. The molecule has 1 aromatic rings. The Kier molecular flexibility index (Phi) is 21.1. The van der Waals surface area contributed by atoms with E-state index in [1.165, 1.54) is 0 Å². The molecule has 64 valence electrons. The summed E-state index contributed by atoms with van der Waals surface area (Å²) < 4.78 is 0. The van der Waals surface area contributed by atoms with Crippen molar-refractivity contribution in [1.29, 1.82) is 0 Å². The van der Waals surface area contributed by atoms with E-state index < -0.39 is 0 Å². The molecule has 0 nitrogen and oxygen atoms in total. The SMILES string of the molecule is [CH2-]c1cccc([CH2-])c1.[CH3-].[CH3-].[V+2].[V+2]. The molecule has 0 aliphatic carbocycles. The van der Waals surface area contributed by atoms with Crippen molar-refractivity contribution in [2.75, 3.05) is 0 Å². The first-order valence-corrected chi connectivity index (χ1v) is 2.53. The van der Waals surface area contributed by atoms with Crippen molar-refractivity contribution < 1.29 is 37.1 Å². The van der Waals surface area contributed by atoms with Crippen LogP contribution >= 0.6 is 0 Å². The Morgan fingerprint density at radius 1 is 0.833 bits per heavy atom. The maximum Gasteiger partial charge on any atom is 2.00 e. The van der Waals surface area contributed by atoms with Crippen LogP contribution in [0.2, 0.25) is 0 Å². The first-order chi connectivity index (χ1) is 3.79. The third-order valence-electron chi connectivity index (χ3n) is 0.991. The third kappa shape index (κ3) is 8.23. The average Bonchev–Trinajstić information content (AvgIpc) is 1.64. The first kappa shape index (κ1) is 22.7. The minimum Gasteiger partial charge on any atom is -0.358 e. The summed E-state index contributed by atoms with van der Waals surface area (Å²) in [7, 11) is 0. The molecule has 0 saturated heterocycles. The zero-order valence-corrected chi connectivity index (χ0v) is 10.4. The second-order valence-corrected chi connectivity index (χ2v) is 1.82. The summed E-state index contributed by atoms with van der Waals surface area (Å²) in [4.78, 5) is 0. The minimum atomic E-state index is 0. The second kappa shape index (κ2) is 11.1. The molecule has 0 saturated carbocycles. The van der Waals surface area contributed by atoms with Crippen molar-refractivity contribution in [2.24, 2.45) is 0 Å². The van der Waals surface area contributed by atoms with Gasteiger partial charge in [0.1, 0.15) is 0 Å². The van der Waals surface area contributed by atoms with Crippen LogP contribution in [0, 0.1) is 28.7 Å². The summed E-state index contributed by atoms with van der Waals surface area (Å²) in [5, 5.41) is 0. The zero-order chi connectivity index (χ0) is 5.98. The smallest absolute Gasteiger partial charge is 0.358 e. The van der Waals surface area contributed by atoms with Crippen LogP contribution in [0.25, 0.3) is 0 Å². The Morgan fingerprint density at radius 3 is 1.33 bits per heavy atom. The number of rotatable bonds is 0. The van der Waals surface area contributed by atoms with Gasteiger partial charge in [0.05, 0.1) is 0 Å². The summed E-state index contributed by atoms with van der Waals surface area (Å²) in [6.45, 7) is 7.48. The predicted molar refractivity (Wildman–Crippen MR) is 48.2 cm³/mol. The molecule has 0 aliphatic heterocycles. The summed E-state index contributed by atoms with van der Waals surface area (Å²) in [5.41, 5.74) is 2.05. The molecule has 0 unspecified atom stereocenters. The van der Waals surface area contributed by atoms with Gasteiger partial charge in [0.15, 0.2) is 0 Å². The van der Waals surface area contributed by atoms with E-state index in [4.69, 9.17) is 0 Å². The van der Waals surface area contributed by atoms with E-state index in [0.29, 0.717) is 0 Å². The van der Waals surface area contributed by atoms with E-state index in [1.807, 2.05) is 24.3 Å². The summed E-state index contributed by atoms with van der Waals surface area (Å²) in [5.74, 6) is 0. The van der Waals surface area contributed by atoms with Crippen LogP contribution in [-0.2, 0) is 37.1 Å². The molecule has 2 heteroatoms. The molecule has 0 heterocycles. The Hall–Kier alpha value is 0.129. The molecule has 0 N–H and O–H groups in total. The topological polar surface area (TPSA) is 0 Å². The summed E-state index contributed by atoms with van der Waals surface area (Å²) in [6.07, 6.45) is 0. The van der Waals surface area contributed by atoms with Gasteiger partial charge in [-0.05, 0) is 0 Å². The van der Waals surface area contributed by atoms with Crippen LogP contribution in [0.15, 0.2) is 24.3 Å². The molecule has 2 radical (unpaired) electrons. The van der Waals surface area contributed by atoms with E-state index >= 15 is 0 Å². The molecule has 1 aromatic carbocycles. The maximum atomic E-state index is 3.74. The van der Waals surface area contributed by atoms with Gasteiger partial charge < -0.3 is 14.9 Å². The molecule has 0 spiro atoms. The van der Waals surface area contributed by atoms with Crippen LogP contribution in [0.4, 0.5) is 0 Å². The van der Waals surface area contributed by atoms with Crippen molar-refractivity contribution in [3.63, 3.8) is 0 Å². The molecular weight excluding hydrogens is 222 g/mol. The van der Waals surface area contributed by atoms with Gasteiger partial charge in [0.25, 0.3) is 0 Å². The molecule has 12 heavy (non-hydrogen) atoms. The normalized spacial score (nSPS) is 6.00. The number of hydrogen-bond acceptors (Lipinski definition) is 0. The van der Waals surface area contributed by atoms with E-state index in [1.54, 1.807) is 0 Å². The molecule has 0 aliphatic rings. The van der Waals surface area contributed by atoms with Gasteiger partial charge in [0.2, 0.25) is 0 Å². The Balaban J connectivity index is -0.0000000800. The minimum absolute atomic E-state index is 0. The first-order valence-electron chi connectivity index (χ1n) is 2.53. The molecule has 0 bridgehead atoms. The second-order valence-electron chi connectivity index (χ2n) is 1.82. The Morgan fingerprint density at radius 2 is 1.17 bits per heavy atom. The number of hydrogen-bond donors (Lipinski definition) is 0. The van der Waals surface area contributed by atoms with Gasteiger partial charge in [-0.2, -0.15) is 49.2 Å². The van der Waals surface area contributed by atoms with Gasteiger partial charge >= 0.3 is 37.1 Å².